The first-order valence-electron chi connectivity index (χ1n) is 24.8. The Balaban J connectivity index is 1.26. The second-order valence-electron chi connectivity index (χ2n) is 23.6. The minimum Gasteiger partial charge on any atom is -0.311 e. The number of thiophene rings is 1. The first-order chi connectivity index (χ1) is 32.8. The molecule has 0 bridgehead atoms. The minimum atomic E-state index is -0.134. The highest BCUT2D eigenvalue weighted by atomic mass is 32.1. The second kappa shape index (κ2) is 16.0. The van der Waals surface area contributed by atoms with Crippen molar-refractivity contribution in [3.63, 3.8) is 0 Å². The number of rotatable bonds is 5. The van der Waals surface area contributed by atoms with Crippen LogP contribution in [0.3, 0.4) is 0 Å². The van der Waals surface area contributed by atoms with E-state index < -0.39 is 0 Å². The molecular weight excluding hydrogens is 854 g/mol. The normalized spacial score (nSPS) is 13.7. The van der Waals surface area contributed by atoms with Gasteiger partial charge in [-0.3, -0.25) is 0 Å². The molecule has 0 aliphatic carbocycles. The number of hydrogen-bond donors (Lipinski definition) is 0. The van der Waals surface area contributed by atoms with Gasteiger partial charge in [-0.1, -0.05) is 162 Å². The van der Waals surface area contributed by atoms with Crippen LogP contribution in [0, 0.1) is 0 Å². The Kier molecular flexibility index (Phi) is 10.4. The van der Waals surface area contributed by atoms with Crippen molar-refractivity contribution in [3.05, 3.63) is 192 Å². The molecule has 344 valence electrons. The van der Waals surface area contributed by atoms with E-state index in [0.717, 1.165) is 22.7 Å². The van der Waals surface area contributed by atoms with Crippen LogP contribution in [0.5, 0.6) is 0 Å². The van der Waals surface area contributed by atoms with Crippen molar-refractivity contribution in [1.29, 1.82) is 0 Å². The van der Waals surface area contributed by atoms with Crippen molar-refractivity contribution >= 4 is 106 Å². The van der Waals surface area contributed by atoms with Crippen molar-refractivity contribution in [2.75, 3.05) is 14.7 Å². The number of nitrogens with zero attached hydrogens (tertiary/aromatic N) is 3. The van der Waals surface area contributed by atoms with E-state index in [2.05, 4.69) is 268 Å². The molecule has 1 aromatic heterocycles. The summed E-state index contributed by atoms with van der Waals surface area (Å²) in [6, 6.07) is 64.8. The number of para-hydroxylation sites is 2. The molecule has 3 heterocycles. The smallest absolute Gasteiger partial charge is 0.254 e. The molecule has 69 heavy (non-hydrogen) atoms. The summed E-state index contributed by atoms with van der Waals surface area (Å²) in [7, 11) is 0. The zero-order valence-corrected chi connectivity index (χ0v) is 43.3. The average Bonchev–Trinajstić information content (AvgIpc) is 3.69. The fourth-order valence-corrected chi connectivity index (χ4v) is 12.0. The van der Waals surface area contributed by atoms with Crippen molar-refractivity contribution in [2.24, 2.45) is 0 Å². The fourth-order valence-electron chi connectivity index (χ4n) is 10.7. The number of anilines is 9. The molecule has 2 aliphatic heterocycles. The van der Waals surface area contributed by atoms with Crippen LogP contribution in [-0.2, 0) is 21.7 Å². The maximum Gasteiger partial charge on any atom is 0.254 e. The topological polar surface area (TPSA) is 9.72 Å². The molecule has 0 amide bonds. The third-order valence-electron chi connectivity index (χ3n) is 14.7. The largest absolute Gasteiger partial charge is 0.311 e. The van der Waals surface area contributed by atoms with Gasteiger partial charge in [-0.15, -0.1) is 11.3 Å². The van der Waals surface area contributed by atoms with Crippen LogP contribution in [0.2, 0.25) is 0 Å². The maximum atomic E-state index is 2.60. The van der Waals surface area contributed by atoms with Gasteiger partial charge in [-0.2, -0.15) is 0 Å². The first kappa shape index (κ1) is 44.9. The summed E-state index contributed by atoms with van der Waals surface area (Å²) >= 11 is 1.96. The predicted molar refractivity (Wildman–Crippen MR) is 303 cm³/mol. The van der Waals surface area contributed by atoms with Gasteiger partial charge in [0.05, 0.1) is 0 Å². The molecule has 0 saturated carbocycles. The van der Waals surface area contributed by atoms with Gasteiger partial charge >= 0.3 is 0 Å². The Morgan fingerprint density at radius 1 is 0.377 bits per heavy atom. The van der Waals surface area contributed by atoms with Crippen LogP contribution < -0.4 is 31.1 Å². The Labute approximate surface area is 415 Å². The van der Waals surface area contributed by atoms with Gasteiger partial charge in [0.2, 0.25) is 0 Å². The molecule has 8 aromatic carbocycles. The lowest BCUT2D eigenvalue weighted by molar-refractivity contribution is 0.590. The van der Waals surface area contributed by atoms with E-state index in [-0.39, 0.29) is 28.4 Å². The highest BCUT2D eigenvalue weighted by Gasteiger charge is 2.46. The van der Waals surface area contributed by atoms with Gasteiger partial charge in [0.1, 0.15) is 0 Å². The number of hydrogen-bond acceptors (Lipinski definition) is 4. The monoisotopic (exact) mass is 917 g/mol. The van der Waals surface area contributed by atoms with Gasteiger partial charge in [-0.25, -0.2) is 0 Å². The third-order valence-corrected chi connectivity index (χ3v) is 15.9. The summed E-state index contributed by atoms with van der Waals surface area (Å²) < 4.78 is 2.69. The van der Waals surface area contributed by atoms with Crippen LogP contribution in [0.25, 0.3) is 20.2 Å². The first-order valence-corrected chi connectivity index (χ1v) is 25.6. The maximum absolute atomic E-state index is 2.60. The van der Waals surface area contributed by atoms with Crippen LogP contribution in [0.15, 0.2) is 170 Å². The lowest BCUT2D eigenvalue weighted by atomic mass is 9.33. The molecule has 0 spiro atoms. The molecule has 5 heteroatoms. The lowest BCUT2D eigenvalue weighted by Crippen LogP contribution is -2.61. The summed E-state index contributed by atoms with van der Waals surface area (Å²) in [6.07, 6.45) is 0. The summed E-state index contributed by atoms with van der Waals surface area (Å²) in [5.41, 5.74) is 19.9. The quantitative estimate of drug-likeness (QED) is 0.159. The standard InChI is InChI=1S/C64H64BN3S/c1-61(2,3)41-23-28-47(29-24-41)67-53-35-33-50-51-37-43(63(7,8)9)27-36-57(51)69-60(50)59(53)65-52-34-32-49(66(45-19-15-13-16-20-45)46-21-17-14-18-22-46)40-54(52)68(48-30-25-42(26-31-48)62(4,5)6)56-39-44(64(10,11)12)38-55(67)58(56)65/h13-40H,1-12H3. The molecule has 0 atom stereocenters. The zero-order chi connectivity index (χ0) is 48.4. The Morgan fingerprint density at radius 3 is 1.38 bits per heavy atom. The minimum absolute atomic E-state index is 0.0177. The van der Waals surface area contributed by atoms with E-state index in [1.54, 1.807) is 0 Å². The summed E-state index contributed by atoms with van der Waals surface area (Å²) in [5.74, 6) is 0. The van der Waals surface area contributed by atoms with Crippen LogP contribution in [0.1, 0.15) is 105 Å². The summed E-state index contributed by atoms with van der Waals surface area (Å²) in [6.45, 7) is 27.8. The van der Waals surface area contributed by atoms with Crippen molar-refractivity contribution in [3.8, 4) is 0 Å². The Hall–Kier alpha value is -6.56. The molecule has 0 unspecified atom stereocenters. The predicted octanol–water partition coefficient (Wildman–Crippen LogP) is 16.8. The summed E-state index contributed by atoms with van der Waals surface area (Å²) in [4.78, 5) is 7.60. The van der Waals surface area contributed by atoms with E-state index in [1.165, 1.54) is 87.3 Å². The van der Waals surface area contributed by atoms with Crippen LogP contribution in [0.4, 0.5) is 51.2 Å². The van der Waals surface area contributed by atoms with Gasteiger partial charge < -0.3 is 14.7 Å². The Morgan fingerprint density at radius 2 is 0.870 bits per heavy atom. The Bertz CT molecular complexity index is 3380. The highest BCUT2D eigenvalue weighted by Crippen LogP contribution is 2.50. The lowest BCUT2D eigenvalue weighted by Gasteiger charge is -2.45. The third kappa shape index (κ3) is 7.65. The molecule has 0 saturated heterocycles. The molecule has 9 aromatic rings. The SMILES string of the molecule is CC(C)(C)c1ccc(N2c3cc(N(c4ccccc4)c4ccccc4)ccc3B3c4c2cc(C(C)(C)C)cc4N(c2ccc(C(C)(C)C)cc2)c2ccc4c(sc5ccc(C(C)(C)C)cc54)c23)cc1. The number of benzene rings is 8. The fraction of sp³-hybridized carbons (Fsp3) is 0.250. The zero-order valence-electron chi connectivity index (χ0n) is 42.5. The van der Waals surface area contributed by atoms with Crippen molar-refractivity contribution in [1.82, 2.24) is 0 Å². The molecule has 11 rings (SSSR count). The van der Waals surface area contributed by atoms with Crippen molar-refractivity contribution < 1.29 is 0 Å². The van der Waals surface area contributed by atoms with Gasteiger partial charge in [0, 0.05) is 66.0 Å². The van der Waals surface area contributed by atoms with E-state index >= 15 is 0 Å². The van der Waals surface area contributed by atoms with Gasteiger partial charge in [0.15, 0.2) is 0 Å². The van der Waals surface area contributed by atoms with Crippen LogP contribution in [-0.4, -0.2) is 6.71 Å². The van der Waals surface area contributed by atoms with Gasteiger partial charge in [0.25, 0.3) is 6.71 Å². The molecular formula is C64H64BN3S. The van der Waals surface area contributed by atoms with Gasteiger partial charge in [-0.05, 0) is 157 Å². The summed E-state index contributed by atoms with van der Waals surface area (Å²) in [5, 5.41) is 2.67. The number of fused-ring (bicyclic) bond motifs is 8. The van der Waals surface area contributed by atoms with Crippen molar-refractivity contribution in [2.45, 2.75) is 105 Å². The van der Waals surface area contributed by atoms with E-state index in [0.29, 0.717) is 0 Å². The highest BCUT2D eigenvalue weighted by molar-refractivity contribution is 7.28. The molecule has 3 nitrogen and oxygen atoms in total. The molecule has 0 fully saturated rings. The molecule has 0 N–H and O–H groups in total. The second-order valence-corrected chi connectivity index (χ2v) is 24.6. The average molecular weight is 918 g/mol. The molecule has 2 aliphatic rings. The van der Waals surface area contributed by atoms with E-state index in [1.807, 2.05) is 11.3 Å². The van der Waals surface area contributed by atoms with E-state index in [9.17, 15) is 0 Å². The molecule has 0 radical (unpaired) electrons. The van der Waals surface area contributed by atoms with E-state index in [4.69, 9.17) is 0 Å². The van der Waals surface area contributed by atoms with Crippen LogP contribution >= 0.6 is 11.3 Å².